The molecule has 1 aliphatic carbocycles. The molecule has 1 heterocycles. The number of anilines is 2. The Hall–Kier alpha value is -2.10. The number of nitrogens with one attached hydrogen (secondary N) is 1. The van der Waals surface area contributed by atoms with Crippen molar-refractivity contribution in [1.29, 1.82) is 0 Å². The Morgan fingerprint density at radius 1 is 1.15 bits per heavy atom. The Bertz CT molecular complexity index is 622. The Kier molecular flexibility index (Phi) is 3.30. The summed E-state index contributed by atoms with van der Waals surface area (Å²) in [6.07, 6.45) is 2.10. The molecule has 1 aliphatic rings. The van der Waals surface area contributed by atoms with Gasteiger partial charge in [0.1, 0.15) is 17.4 Å². The van der Waals surface area contributed by atoms with E-state index >= 15 is 0 Å². The average Bonchev–Trinajstić information content (AvgIpc) is 2.80. The molecule has 4 heteroatoms. The lowest BCUT2D eigenvalue weighted by molar-refractivity contribution is 0.415. The Balaban J connectivity index is 1.90. The van der Waals surface area contributed by atoms with E-state index in [0.29, 0.717) is 5.92 Å². The highest BCUT2D eigenvalue weighted by molar-refractivity contribution is 5.61. The molecule has 0 aliphatic heterocycles. The van der Waals surface area contributed by atoms with Crippen LogP contribution in [-0.2, 0) is 12.8 Å². The largest absolute Gasteiger partial charge is 0.497 e. The summed E-state index contributed by atoms with van der Waals surface area (Å²) in [4.78, 5) is 9.13. The average molecular weight is 269 g/mol. The van der Waals surface area contributed by atoms with Gasteiger partial charge in [0.2, 0.25) is 0 Å². The zero-order valence-corrected chi connectivity index (χ0v) is 12.1. The molecule has 0 spiro atoms. The van der Waals surface area contributed by atoms with Gasteiger partial charge >= 0.3 is 0 Å². The second-order valence-corrected chi connectivity index (χ2v) is 5.41. The molecule has 104 valence electrons. The second-order valence-electron chi connectivity index (χ2n) is 5.41. The molecule has 2 aromatic rings. The molecule has 1 aromatic carbocycles. The first kappa shape index (κ1) is 12.9. The van der Waals surface area contributed by atoms with Crippen LogP contribution in [0, 0.1) is 12.8 Å². The van der Waals surface area contributed by atoms with Gasteiger partial charge in [0, 0.05) is 16.9 Å². The predicted octanol–water partition coefficient (Wildman–Crippen LogP) is 3.27. The summed E-state index contributed by atoms with van der Waals surface area (Å²) in [5.41, 5.74) is 3.48. The van der Waals surface area contributed by atoms with Crippen molar-refractivity contribution < 1.29 is 4.74 Å². The molecule has 4 nitrogen and oxygen atoms in total. The number of ether oxygens (including phenoxy) is 1. The van der Waals surface area contributed by atoms with Crippen LogP contribution in [0.5, 0.6) is 5.75 Å². The number of fused-ring (bicyclic) bond motifs is 1. The molecule has 1 N–H and O–H groups in total. The van der Waals surface area contributed by atoms with E-state index in [4.69, 9.17) is 4.74 Å². The van der Waals surface area contributed by atoms with Crippen LogP contribution in [0.4, 0.5) is 11.5 Å². The number of aryl methyl sites for hydroxylation is 1. The summed E-state index contributed by atoms with van der Waals surface area (Å²) in [7, 11) is 1.67. The normalized spacial score (nSPS) is 16.9. The third-order valence-corrected chi connectivity index (χ3v) is 3.65. The van der Waals surface area contributed by atoms with Crippen molar-refractivity contribution in [3.05, 3.63) is 41.3 Å². The second kappa shape index (κ2) is 5.12. The van der Waals surface area contributed by atoms with Gasteiger partial charge in [-0.3, -0.25) is 0 Å². The first-order chi connectivity index (χ1) is 9.65. The minimum Gasteiger partial charge on any atom is -0.497 e. The highest BCUT2D eigenvalue weighted by Gasteiger charge is 2.23. The molecule has 0 saturated heterocycles. The summed E-state index contributed by atoms with van der Waals surface area (Å²) >= 11 is 0. The Morgan fingerprint density at radius 3 is 2.60 bits per heavy atom. The number of methoxy groups -OCH3 is 1. The summed E-state index contributed by atoms with van der Waals surface area (Å²) in [5, 5.41) is 3.41. The summed E-state index contributed by atoms with van der Waals surface area (Å²) in [5.74, 6) is 3.28. The molecular weight excluding hydrogens is 250 g/mol. The van der Waals surface area contributed by atoms with Crippen molar-refractivity contribution in [3.8, 4) is 5.75 Å². The number of rotatable bonds is 3. The topological polar surface area (TPSA) is 47.0 Å². The third kappa shape index (κ3) is 2.46. The standard InChI is InChI=1S/C16H19N3O/c1-10-8-14-15(9-10)17-11(2)18-16(14)19-12-4-6-13(20-3)7-5-12/h4-7,10H,8-9H2,1-3H3,(H,17,18,19). The minimum absolute atomic E-state index is 0.650. The van der Waals surface area contributed by atoms with Gasteiger partial charge in [-0.05, 0) is 49.9 Å². The van der Waals surface area contributed by atoms with Crippen LogP contribution in [0.1, 0.15) is 24.0 Å². The number of nitrogens with zero attached hydrogens (tertiary/aromatic N) is 2. The van der Waals surface area contributed by atoms with Gasteiger partial charge < -0.3 is 10.1 Å². The van der Waals surface area contributed by atoms with Gasteiger partial charge in [0.25, 0.3) is 0 Å². The summed E-state index contributed by atoms with van der Waals surface area (Å²) in [6.45, 7) is 4.21. The molecule has 0 fully saturated rings. The zero-order valence-electron chi connectivity index (χ0n) is 12.1. The van der Waals surface area contributed by atoms with E-state index in [1.807, 2.05) is 31.2 Å². The van der Waals surface area contributed by atoms with Crippen LogP contribution in [0.2, 0.25) is 0 Å². The van der Waals surface area contributed by atoms with Crippen LogP contribution in [0.25, 0.3) is 0 Å². The molecular formula is C16H19N3O. The minimum atomic E-state index is 0.650. The van der Waals surface area contributed by atoms with Gasteiger partial charge in [0.15, 0.2) is 0 Å². The van der Waals surface area contributed by atoms with Crippen LogP contribution < -0.4 is 10.1 Å². The maximum absolute atomic E-state index is 5.17. The van der Waals surface area contributed by atoms with E-state index < -0.39 is 0 Å². The fourth-order valence-electron chi connectivity index (χ4n) is 2.70. The molecule has 20 heavy (non-hydrogen) atoms. The monoisotopic (exact) mass is 269 g/mol. The molecule has 1 aromatic heterocycles. The highest BCUT2D eigenvalue weighted by atomic mass is 16.5. The predicted molar refractivity (Wildman–Crippen MR) is 79.6 cm³/mol. The van der Waals surface area contributed by atoms with Gasteiger partial charge in [-0.25, -0.2) is 9.97 Å². The van der Waals surface area contributed by atoms with Gasteiger partial charge in [-0.1, -0.05) is 6.92 Å². The lowest BCUT2D eigenvalue weighted by Gasteiger charge is -2.11. The number of benzene rings is 1. The number of aromatic nitrogens is 2. The van der Waals surface area contributed by atoms with E-state index in [2.05, 4.69) is 22.2 Å². The maximum Gasteiger partial charge on any atom is 0.137 e. The van der Waals surface area contributed by atoms with E-state index in [-0.39, 0.29) is 0 Å². The van der Waals surface area contributed by atoms with Gasteiger partial charge in [-0.15, -0.1) is 0 Å². The smallest absolute Gasteiger partial charge is 0.137 e. The van der Waals surface area contributed by atoms with Crippen LogP contribution in [0.3, 0.4) is 0 Å². The molecule has 0 amide bonds. The third-order valence-electron chi connectivity index (χ3n) is 3.65. The first-order valence-electron chi connectivity index (χ1n) is 6.93. The van der Waals surface area contributed by atoms with Gasteiger partial charge in [0.05, 0.1) is 7.11 Å². The van der Waals surface area contributed by atoms with E-state index in [1.165, 1.54) is 11.3 Å². The lowest BCUT2D eigenvalue weighted by Crippen LogP contribution is -2.03. The van der Waals surface area contributed by atoms with Crippen molar-refractivity contribution in [2.24, 2.45) is 5.92 Å². The zero-order chi connectivity index (χ0) is 14.1. The van der Waals surface area contributed by atoms with Crippen molar-refractivity contribution >= 4 is 11.5 Å². The maximum atomic E-state index is 5.17. The van der Waals surface area contributed by atoms with E-state index in [0.717, 1.165) is 35.9 Å². The number of hydrogen-bond donors (Lipinski definition) is 1. The number of hydrogen-bond acceptors (Lipinski definition) is 4. The van der Waals surface area contributed by atoms with Crippen LogP contribution >= 0.6 is 0 Å². The summed E-state index contributed by atoms with van der Waals surface area (Å²) in [6, 6.07) is 7.89. The van der Waals surface area contributed by atoms with Crippen LogP contribution in [-0.4, -0.2) is 17.1 Å². The van der Waals surface area contributed by atoms with Gasteiger partial charge in [-0.2, -0.15) is 0 Å². The van der Waals surface area contributed by atoms with Crippen molar-refractivity contribution in [1.82, 2.24) is 9.97 Å². The van der Waals surface area contributed by atoms with Crippen molar-refractivity contribution in [2.75, 3.05) is 12.4 Å². The Morgan fingerprint density at radius 2 is 1.90 bits per heavy atom. The van der Waals surface area contributed by atoms with E-state index in [9.17, 15) is 0 Å². The molecule has 0 saturated carbocycles. The molecule has 1 atom stereocenters. The van der Waals surface area contributed by atoms with Crippen molar-refractivity contribution in [2.45, 2.75) is 26.7 Å². The fourth-order valence-corrected chi connectivity index (χ4v) is 2.70. The quantitative estimate of drug-likeness (QED) is 0.929. The SMILES string of the molecule is COc1ccc(Nc2nc(C)nc3c2CC(C)C3)cc1. The summed E-state index contributed by atoms with van der Waals surface area (Å²) < 4.78 is 5.17. The molecule has 0 bridgehead atoms. The van der Waals surface area contributed by atoms with Crippen molar-refractivity contribution in [3.63, 3.8) is 0 Å². The lowest BCUT2D eigenvalue weighted by atomic mass is 10.1. The molecule has 1 unspecified atom stereocenters. The molecule has 3 rings (SSSR count). The van der Waals surface area contributed by atoms with E-state index in [1.54, 1.807) is 7.11 Å². The highest BCUT2D eigenvalue weighted by Crippen LogP contribution is 2.31. The fraction of sp³-hybridized carbons (Fsp3) is 0.375. The molecule has 0 radical (unpaired) electrons. The first-order valence-corrected chi connectivity index (χ1v) is 6.93. The Labute approximate surface area is 119 Å². The van der Waals surface area contributed by atoms with Crippen LogP contribution in [0.15, 0.2) is 24.3 Å².